The highest BCUT2D eigenvalue weighted by molar-refractivity contribution is 5.16. The molecule has 1 aromatic carbocycles. The summed E-state index contributed by atoms with van der Waals surface area (Å²) in [5, 5.41) is 19.9. The van der Waals surface area contributed by atoms with Gasteiger partial charge in [0.2, 0.25) is 0 Å². The second-order valence-electron chi connectivity index (χ2n) is 5.09. The van der Waals surface area contributed by atoms with Gasteiger partial charge in [0.15, 0.2) is 12.6 Å². The van der Waals surface area contributed by atoms with E-state index in [4.69, 9.17) is 14.2 Å². The summed E-state index contributed by atoms with van der Waals surface area (Å²) >= 11 is 0. The van der Waals surface area contributed by atoms with Gasteiger partial charge in [-0.15, -0.1) is 0 Å². The van der Waals surface area contributed by atoms with Crippen LogP contribution in [0.15, 0.2) is 30.3 Å². The van der Waals surface area contributed by atoms with Gasteiger partial charge in [-0.1, -0.05) is 37.3 Å². The molecule has 2 aliphatic heterocycles. The minimum absolute atomic E-state index is 0.297. The van der Waals surface area contributed by atoms with Crippen molar-refractivity contribution in [3.05, 3.63) is 35.9 Å². The lowest BCUT2D eigenvalue weighted by Gasteiger charge is -2.45. The molecule has 5 nitrogen and oxygen atoms in total. The predicted octanol–water partition coefficient (Wildman–Crippen LogP) is 0.815. The zero-order chi connectivity index (χ0) is 13.4. The Bertz CT molecular complexity index is 421. The van der Waals surface area contributed by atoms with E-state index in [1.807, 2.05) is 30.3 Å². The molecule has 0 aromatic heterocycles. The Kier molecular flexibility index (Phi) is 3.56. The fourth-order valence-electron chi connectivity index (χ4n) is 2.52. The van der Waals surface area contributed by atoms with Gasteiger partial charge >= 0.3 is 0 Å². The van der Waals surface area contributed by atoms with Crippen LogP contribution in [-0.2, 0) is 14.2 Å². The van der Waals surface area contributed by atoms with Gasteiger partial charge in [0.1, 0.15) is 12.2 Å². The molecular formula is C14H18O5. The van der Waals surface area contributed by atoms with E-state index in [0.717, 1.165) is 5.56 Å². The van der Waals surface area contributed by atoms with Crippen LogP contribution in [0.2, 0.25) is 0 Å². The molecule has 0 spiro atoms. The van der Waals surface area contributed by atoms with Crippen molar-refractivity contribution in [1.82, 2.24) is 0 Å². The Morgan fingerprint density at radius 3 is 2.58 bits per heavy atom. The minimum atomic E-state index is -0.975. The fraction of sp³-hybridized carbons (Fsp3) is 0.571. The Morgan fingerprint density at radius 2 is 1.84 bits per heavy atom. The molecule has 0 amide bonds. The van der Waals surface area contributed by atoms with Crippen molar-refractivity contribution in [3.63, 3.8) is 0 Å². The number of hydrogen-bond acceptors (Lipinski definition) is 5. The van der Waals surface area contributed by atoms with Crippen molar-refractivity contribution in [2.45, 2.75) is 37.8 Å². The van der Waals surface area contributed by atoms with Crippen LogP contribution < -0.4 is 0 Å². The molecule has 6 atom stereocenters. The molecule has 5 heteroatoms. The molecule has 2 N–H and O–H groups in total. The van der Waals surface area contributed by atoms with Crippen molar-refractivity contribution in [3.8, 4) is 0 Å². The smallest absolute Gasteiger partial charge is 0.184 e. The van der Waals surface area contributed by atoms with Crippen LogP contribution in [0, 0.1) is 5.92 Å². The lowest BCUT2D eigenvalue weighted by molar-refractivity contribution is -0.345. The zero-order valence-corrected chi connectivity index (χ0v) is 10.7. The summed E-state index contributed by atoms with van der Waals surface area (Å²) in [6.07, 6.45) is -3.14. The molecule has 19 heavy (non-hydrogen) atoms. The summed E-state index contributed by atoms with van der Waals surface area (Å²) in [5.74, 6) is -0.379. The van der Waals surface area contributed by atoms with E-state index >= 15 is 0 Å². The third kappa shape index (κ3) is 2.40. The maximum absolute atomic E-state index is 10.2. The summed E-state index contributed by atoms with van der Waals surface area (Å²) in [6, 6.07) is 9.58. The largest absolute Gasteiger partial charge is 0.390 e. The van der Waals surface area contributed by atoms with Crippen molar-refractivity contribution < 1.29 is 24.4 Å². The number of fused-ring (bicyclic) bond motifs is 1. The molecule has 2 fully saturated rings. The number of aliphatic hydroxyl groups is 2. The average molecular weight is 266 g/mol. The highest BCUT2D eigenvalue weighted by Crippen LogP contribution is 2.35. The number of ether oxygens (including phenoxy) is 3. The topological polar surface area (TPSA) is 68.2 Å². The molecule has 2 saturated heterocycles. The Morgan fingerprint density at radius 1 is 1.11 bits per heavy atom. The number of hydrogen-bond donors (Lipinski definition) is 2. The normalized spacial score (nSPS) is 42.7. The van der Waals surface area contributed by atoms with E-state index in [1.165, 1.54) is 0 Å². The summed E-state index contributed by atoms with van der Waals surface area (Å²) in [5.41, 5.74) is 0.909. The lowest BCUT2D eigenvalue weighted by atomic mass is 9.92. The SMILES string of the molecule is C[C@H]1C(O)[C@@H]2OC(c3ccccc3)OCC2O[C@H]1O. The summed E-state index contributed by atoms with van der Waals surface area (Å²) < 4.78 is 16.8. The van der Waals surface area contributed by atoms with Crippen LogP contribution >= 0.6 is 0 Å². The van der Waals surface area contributed by atoms with Gasteiger partial charge in [-0.25, -0.2) is 0 Å². The number of aliphatic hydroxyl groups excluding tert-OH is 2. The van der Waals surface area contributed by atoms with Crippen LogP contribution in [0.5, 0.6) is 0 Å². The van der Waals surface area contributed by atoms with E-state index in [0.29, 0.717) is 6.61 Å². The first-order valence-corrected chi connectivity index (χ1v) is 6.50. The molecule has 104 valence electrons. The second kappa shape index (κ2) is 5.19. The molecule has 2 heterocycles. The molecule has 0 saturated carbocycles. The molecule has 0 aliphatic carbocycles. The first-order valence-electron chi connectivity index (χ1n) is 6.50. The van der Waals surface area contributed by atoms with Crippen LogP contribution in [0.3, 0.4) is 0 Å². The Balaban J connectivity index is 1.75. The predicted molar refractivity (Wildman–Crippen MR) is 66.1 cm³/mol. The number of benzene rings is 1. The minimum Gasteiger partial charge on any atom is -0.390 e. The van der Waals surface area contributed by atoms with Gasteiger partial charge in [0.25, 0.3) is 0 Å². The number of rotatable bonds is 1. The highest BCUT2D eigenvalue weighted by atomic mass is 16.7. The van der Waals surface area contributed by atoms with E-state index in [2.05, 4.69) is 0 Å². The van der Waals surface area contributed by atoms with Gasteiger partial charge in [0, 0.05) is 11.5 Å². The average Bonchev–Trinajstić information content (AvgIpc) is 2.46. The van der Waals surface area contributed by atoms with Crippen LogP contribution in [-0.4, -0.2) is 41.4 Å². The maximum atomic E-state index is 10.2. The van der Waals surface area contributed by atoms with Crippen LogP contribution in [0.1, 0.15) is 18.8 Å². The zero-order valence-electron chi connectivity index (χ0n) is 10.7. The van der Waals surface area contributed by atoms with E-state index in [1.54, 1.807) is 6.92 Å². The molecule has 2 aliphatic rings. The Labute approximate surface area is 111 Å². The van der Waals surface area contributed by atoms with Crippen molar-refractivity contribution >= 4 is 0 Å². The highest BCUT2D eigenvalue weighted by Gasteiger charge is 2.47. The molecular weight excluding hydrogens is 248 g/mol. The maximum Gasteiger partial charge on any atom is 0.184 e. The summed E-state index contributed by atoms with van der Waals surface area (Å²) in [4.78, 5) is 0. The summed E-state index contributed by atoms with van der Waals surface area (Å²) in [7, 11) is 0. The van der Waals surface area contributed by atoms with E-state index in [-0.39, 0.29) is 5.92 Å². The standard InChI is InChI=1S/C14H18O5/c1-8-11(15)12-10(18-13(8)16)7-17-14(19-12)9-5-3-2-4-6-9/h2-6,8,10-16H,7H2,1H3/t8-,10?,11?,12+,13+,14?/m0/s1. The third-order valence-electron chi connectivity index (χ3n) is 3.77. The van der Waals surface area contributed by atoms with Gasteiger partial charge < -0.3 is 24.4 Å². The quantitative estimate of drug-likeness (QED) is 0.787. The fourth-order valence-corrected chi connectivity index (χ4v) is 2.52. The van der Waals surface area contributed by atoms with E-state index in [9.17, 15) is 10.2 Å². The molecule has 3 unspecified atom stereocenters. The van der Waals surface area contributed by atoms with Crippen molar-refractivity contribution in [2.75, 3.05) is 6.61 Å². The van der Waals surface area contributed by atoms with Gasteiger partial charge in [0.05, 0.1) is 12.7 Å². The van der Waals surface area contributed by atoms with Gasteiger partial charge in [-0.3, -0.25) is 0 Å². The van der Waals surface area contributed by atoms with Crippen molar-refractivity contribution in [2.24, 2.45) is 5.92 Å². The first kappa shape index (κ1) is 13.0. The summed E-state index contributed by atoms with van der Waals surface area (Å²) in [6.45, 7) is 2.03. The molecule has 3 rings (SSSR count). The third-order valence-corrected chi connectivity index (χ3v) is 3.77. The van der Waals surface area contributed by atoms with Crippen LogP contribution in [0.25, 0.3) is 0 Å². The van der Waals surface area contributed by atoms with Gasteiger partial charge in [-0.05, 0) is 0 Å². The monoisotopic (exact) mass is 266 g/mol. The Hall–Kier alpha value is -0.980. The van der Waals surface area contributed by atoms with E-state index < -0.39 is 30.9 Å². The van der Waals surface area contributed by atoms with Gasteiger partial charge in [-0.2, -0.15) is 0 Å². The molecule has 0 radical (unpaired) electrons. The lowest BCUT2D eigenvalue weighted by Crippen LogP contribution is -2.58. The molecule has 0 bridgehead atoms. The van der Waals surface area contributed by atoms with Crippen LogP contribution in [0.4, 0.5) is 0 Å². The molecule has 1 aromatic rings. The van der Waals surface area contributed by atoms with Crippen molar-refractivity contribution in [1.29, 1.82) is 0 Å². The first-order chi connectivity index (χ1) is 9.16. The second-order valence-corrected chi connectivity index (χ2v) is 5.09.